The summed E-state index contributed by atoms with van der Waals surface area (Å²) in [6, 6.07) is 1.61. The van der Waals surface area contributed by atoms with E-state index in [1.807, 2.05) is 0 Å². The average molecular weight is 157 g/mol. The molecule has 58 valence electrons. The summed E-state index contributed by atoms with van der Waals surface area (Å²) in [6.45, 7) is 2.37. The molecule has 10 heavy (non-hydrogen) atoms. The van der Waals surface area contributed by atoms with E-state index in [0.717, 1.165) is 18.0 Å². The first-order valence-electron chi connectivity index (χ1n) is 4.24. The Morgan fingerprint density at radius 3 is 2.20 bits per heavy atom. The Kier molecular flexibility index (Phi) is 1.69. The van der Waals surface area contributed by atoms with Crippen molar-refractivity contribution < 1.29 is 0 Å². The van der Waals surface area contributed by atoms with Crippen LogP contribution in [-0.2, 0) is 0 Å². The second-order valence-electron chi connectivity index (χ2n) is 3.84. The van der Waals surface area contributed by atoms with E-state index in [1.165, 1.54) is 25.7 Å². The zero-order chi connectivity index (χ0) is 7.14. The van der Waals surface area contributed by atoms with Crippen LogP contribution in [-0.4, -0.2) is 16.4 Å². The van der Waals surface area contributed by atoms with Crippen molar-refractivity contribution in [1.29, 1.82) is 0 Å². The first-order valence-corrected chi connectivity index (χ1v) is 4.64. The second kappa shape index (κ2) is 2.42. The number of hydrogen-bond acceptors (Lipinski definition) is 2. The molecule has 2 rings (SSSR count). The molecular formula is C8H15NS. The first-order chi connectivity index (χ1) is 4.77. The van der Waals surface area contributed by atoms with E-state index in [2.05, 4.69) is 24.0 Å². The molecule has 0 spiro atoms. The molecule has 0 radical (unpaired) electrons. The van der Waals surface area contributed by atoms with Gasteiger partial charge in [0.05, 0.1) is 0 Å². The largest absolute Gasteiger partial charge is 0.247 e. The van der Waals surface area contributed by atoms with Crippen LogP contribution in [0.4, 0.5) is 0 Å². The maximum Gasteiger partial charge on any atom is 0.0206 e. The molecule has 0 aromatic rings. The van der Waals surface area contributed by atoms with Gasteiger partial charge in [-0.15, -0.1) is 0 Å². The third-order valence-electron chi connectivity index (χ3n) is 2.93. The standard InChI is InChI=1S/C8H15NS/c1-6-4-7-2-3-8(5-6)9(7)10/h6-8,10H,2-5H2,1H3. The van der Waals surface area contributed by atoms with Crippen molar-refractivity contribution in [2.45, 2.75) is 44.7 Å². The van der Waals surface area contributed by atoms with Gasteiger partial charge in [-0.3, -0.25) is 0 Å². The van der Waals surface area contributed by atoms with Crippen molar-refractivity contribution in [2.75, 3.05) is 0 Å². The summed E-state index contributed by atoms with van der Waals surface area (Å²) in [5, 5.41) is 0. The lowest BCUT2D eigenvalue weighted by molar-refractivity contribution is 0.219. The number of thiol groups is 1. The summed E-state index contributed by atoms with van der Waals surface area (Å²) < 4.78 is 2.29. The van der Waals surface area contributed by atoms with Crippen LogP contribution in [0.3, 0.4) is 0 Å². The lowest BCUT2D eigenvalue weighted by Crippen LogP contribution is -2.35. The fraction of sp³-hybridized carbons (Fsp3) is 1.00. The minimum atomic E-state index is 0.803. The highest BCUT2D eigenvalue weighted by Crippen LogP contribution is 2.39. The van der Waals surface area contributed by atoms with E-state index in [-0.39, 0.29) is 0 Å². The van der Waals surface area contributed by atoms with Gasteiger partial charge in [0.2, 0.25) is 0 Å². The van der Waals surface area contributed by atoms with Gasteiger partial charge >= 0.3 is 0 Å². The lowest BCUT2D eigenvalue weighted by Gasteiger charge is -2.33. The molecule has 0 aliphatic carbocycles. The first kappa shape index (κ1) is 6.99. The maximum absolute atomic E-state index is 4.49. The van der Waals surface area contributed by atoms with Crippen LogP contribution in [0.5, 0.6) is 0 Å². The summed E-state index contributed by atoms with van der Waals surface area (Å²) in [5.74, 6) is 0.945. The van der Waals surface area contributed by atoms with Crippen LogP contribution in [0.25, 0.3) is 0 Å². The van der Waals surface area contributed by atoms with Crippen molar-refractivity contribution in [3.63, 3.8) is 0 Å². The molecule has 2 heterocycles. The monoisotopic (exact) mass is 157 g/mol. The molecular weight excluding hydrogens is 142 g/mol. The quantitative estimate of drug-likeness (QED) is 0.527. The van der Waals surface area contributed by atoms with Gasteiger partial charge in [-0.2, -0.15) is 0 Å². The van der Waals surface area contributed by atoms with E-state index in [4.69, 9.17) is 0 Å². The molecule has 2 bridgehead atoms. The van der Waals surface area contributed by atoms with Crippen molar-refractivity contribution in [1.82, 2.24) is 4.31 Å². The Labute approximate surface area is 68.3 Å². The summed E-state index contributed by atoms with van der Waals surface area (Å²) in [7, 11) is 0. The molecule has 2 atom stereocenters. The Balaban J connectivity index is 2.09. The van der Waals surface area contributed by atoms with Crippen molar-refractivity contribution in [2.24, 2.45) is 5.92 Å². The Bertz CT molecular complexity index is 123. The number of rotatable bonds is 0. The van der Waals surface area contributed by atoms with E-state index < -0.39 is 0 Å². The number of hydrogen-bond donors (Lipinski definition) is 1. The third kappa shape index (κ3) is 0.978. The predicted molar refractivity (Wildman–Crippen MR) is 46.0 cm³/mol. The van der Waals surface area contributed by atoms with Gasteiger partial charge < -0.3 is 0 Å². The van der Waals surface area contributed by atoms with Crippen molar-refractivity contribution >= 4 is 12.8 Å². The fourth-order valence-electron chi connectivity index (χ4n) is 2.42. The minimum Gasteiger partial charge on any atom is -0.247 e. The molecule has 2 heteroatoms. The van der Waals surface area contributed by atoms with E-state index in [9.17, 15) is 0 Å². The molecule has 1 nitrogen and oxygen atoms in total. The van der Waals surface area contributed by atoms with Crippen LogP contribution < -0.4 is 0 Å². The maximum atomic E-state index is 4.49. The lowest BCUT2D eigenvalue weighted by atomic mass is 9.94. The zero-order valence-electron chi connectivity index (χ0n) is 6.45. The molecule has 0 aromatic heterocycles. The highest BCUT2D eigenvalue weighted by Gasteiger charge is 2.37. The summed E-state index contributed by atoms with van der Waals surface area (Å²) >= 11 is 4.49. The highest BCUT2D eigenvalue weighted by atomic mass is 32.1. The number of fused-ring (bicyclic) bond motifs is 2. The Morgan fingerprint density at radius 2 is 1.70 bits per heavy atom. The van der Waals surface area contributed by atoms with E-state index >= 15 is 0 Å². The van der Waals surface area contributed by atoms with Crippen LogP contribution >= 0.6 is 12.8 Å². The van der Waals surface area contributed by atoms with Gasteiger partial charge in [0.15, 0.2) is 0 Å². The highest BCUT2D eigenvalue weighted by molar-refractivity contribution is 7.77. The molecule has 2 aliphatic heterocycles. The van der Waals surface area contributed by atoms with Crippen LogP contribution in [0, 0.1) is 5.92 Å². The van der Waals surface area contributed by atoms with Gasteiger partial charge in [-0.1, -0.05) is 19.7 Å². The van der Waals surface area contributed by atoms with Crippen molar-refractivity contribution in [3.8, 4) is 0 Å². The van der Waals surface area contributed by atoms with E-state index in [0.29, 0.717) is 0 Å². The summed E-state index contributed by atoms with van der Waals surface area (Å²) in [4.78, 5) is 0. The SMILES string of the molecule is CC1CC2CCC(C1)N2S. The molecule has 0 aromatic carbocycles. The molecule has 0 amide bonds. The molecule has 2 fully saturated rings. The number of piperidine rings is 1. The third-order valence-corrected chi connectivity index (χ3v) is 3.58. The van der Waals surface area contributed by atoms with Crippen LogP contribution in [0.15, 0.2) is 0 Å². The van der Waals surface area contributed by atoms with Gasteiger partial charge in [0.1, 0.15) is 0 Å². The Morgan fingerprint density at radius 1 is 1.20 bits per heavy atom. The summed E-state index contributed by atoms with van der Waals surface area (Å²) in [6.07, 6.45) is 5.52. The summed E-state index contributed by atoms with van der Waals surface area (Å²) in [5.41, 5.74) is 0. The number of nitrogens with zero attached hydrogens (tertiary/aromatic N) is 1. The Hall–Kier alpha value is 0.310. The van der Waals surface area contributed by atoms with Crippen molar-refractivity contribution in [3.05, 3.63) is 0 Å². The second-order valence-corrected chi connectivity index (χ2v) is 4.30. The molecule has 0 N–H and O–H groups in total. The fourth-order valence-corrected chi connectivity index (χ4v) is 2.84. The zero-order valence-corrected chi connectivity index (χ0v) is 7.35. The van der Waals surface area contributed by atoms with Crippen LogP contribution in [0.1, 0.15) is 32.6 Å². The molecule has 0 saturated carbocycles. The van der Waals surface area contributed by atoms with Gasteiger partial charge in [0, 0.05) is 12.1 Å². The smallest absolute Gasteiger partial charge is 0.0206 e. The predicted octanol–water partition coefficient (Wildman–Crippen LogP) is 2.09. The minimum absolute atomic E-state index is 0.803. The van der Waals surface area contributed by atoms with Gasteiger partial charge in [-0.25, -0.2) is 4.31 Å². The van der Waals surface area contributed by atoms with E-state index in [1.54, 1.807) is 0 Å². The van der Waals surface area contributed by atoms with Gasteiger partial charge in [0.25, 0.3) is 0 Å². The topological polar surface area (TPSA) is 3.24 Å². The normalized spacial score (nSPS) is 48.0. The average Bonchev–Trinajstić information content (AvgIpc) is 2.20. The molecule has 2 unspecified atom stereocenters. The van der Waals surface area contributed by atoms with Gasteiger partial charge in [-0.05, 0) is 31.6 Å². The molecule has 2 aliphatic rings. The van der Waals surface area contributed by atoms with Crippen LogP contribution in [0.2, 0.25) is 0 Å². The molecule has 2 saturated heterocycles.